The van der Waals surface area contributed by atoms with Crippen LogP contribution in [0.5, 0.6) is 0 Å². The Balaban J connectivity index is 2.36. The van der Waals surface area contributed by atoms with E-state index in [1.54, 1.807) is 40.0 Å². The minimum atomic E-state index is -2.23. The van der Waals surface area contributed by atoms with Crippen molar-refractivity contribution in [1.29, 1.82) is 0 Å². The summed E-state index contributed by atoms with van der Waals surface area (Å²) in [4.78, 5) is 12.4. The van der Waals surface area contributed by atoms with Gasteiger partial charge in [0.25, 0.3) is 5.91 Å². The molecule has 1 aromatic heterocycles. The van der Waals surface area contributed by atoms with Crippen molar-refractivity contribution < 1.29 is 9.00 Å². The van der Waals surface area contributed by atoms with Gasteiger partial charge in [0.05, 0.1) is 9.09 Å². The zero-order valence-corrected chi connectivity index (χ0v) is 14.0. The van der Waals surface area contributed by atoms with Crippen molar-refractivity contribution in [2.75, 3.05) is 30.9 Å². The third-order valence-corrected chi connectivity index (χ3v) is 7.60. The minimum Gasteiger partial charge on any atom is -0.350 e. The predicted octanol–water partition coefficient (Wildman–Crippen LogP) is 1.52. The van der Waals surface area contributed by atoms with Crippen LogP contribution in [0.1, 0.15) is 9.67 Å². The molecule has 0 spiro atoms. The summed E-state index contributed by atoms with van der Waals surface area (Å²) in [7, 11) is 1.17. The lowest BCUT2D eigenvalue weighted by atomic mass is 10.4. The van der Waals surface area contributed by atoms with Crippen LogP contribution in [0.4, 0.5) is 0 Å². The van der Waals surface area contributed by atoms with Gasteiger partial charge in [-0.1, -0.05) is 21.6 Å². The van der Waals surface area contributed by atoms with Crippen LogP contribution in [0.2, 0.25) is 0 Å². The number of amides is 1. The van der Waals surface area contributed by atoms with E-state index < -0.39 is 9.52 Å². The molecule has 1 rings (SSSR count). The molecule has 0 bridgehead atoms. The molecular formula is C11H18N2O2S4. The fraction of sp³-hybridized carbons (Fsp3) is 0.455. The fourth-order valence-corrected chi connectivity index (χ4v) is 4.88. The Labute approximate surface area is 126 Å². The summed E-state index contributed by atoms with van der Waals surface area (Å²) in [6.45, 7) is 1.28. The Morgan fingerprint density at radius 3 is 2.74 bits per heavy atom. The van der Waals surface area contributed by atoms with Gasteiger partial charge in [-0.05, 0) is 18.0 Å². The number of carbonyl (C=O) groups is 1. The van der Waals surface area contributed by atoms with Gasteiger partial charge in [-0.2, -0.15) is 0 Å². The van der Waals surface area contributed by atoms with E-state index in [2.05, 4.69) is 11.2 Å². The number of nitrogens with one attached hydrogen (secondary N) is 1. The maximum atomic E-state index is 11.8. The van der Waals surface area contributed by atoms with Gasteiger partial charge in [-0.15, -0.1) is 11.3 Å². The quantitative estimate of drug-likeness (QED) is 0.427. The van der Waals surface area contributed by atoms with Crippen molar-refractivity contribution in [2.45, 2.75) is 4.21 Å². The highest BCUT2D eigenvalue weighted by Gasteiger charge is 2.11. The van der Waals surface area contributed by atoms with Crippen LogP contribution in [0.25, 0.3) is 0 Å². The molecule has 0 aliphatic carbocycles. The number of hydrogen-bond acceptors (Lipinski definition) is 6. The number of hydrogen-bond donors (Lipinski definition) is 2. The molecular weight excluding hydrogens is 320 g/mol. The summed E-state index contributed by atoms with van der Waals surface area (Å²) in [5.41, 5.74) is 5.37. The van der Waals surface area contributed by atoms with Gasteiger partial charge in [-0.3, -0.25) is 9.00 Å². The molecule has 0 aliphatic rings. The minimum absolute atomic E-state index is 0.121. The average molecular weight is 339 g/mol. The van der Waals surface area contributed by atoms with Crippen LogP contribution in [-0.4, -0.2) is 46.8 Å². The first-order chi connectivity index (χ1) is 8.95. The van der Waals surface area contributed by atoms with Gasteiger partial charge in [0.2, 0.25) is 0 Å². The Kier molecular flexibility index (Phi) is 7.30. The first-order valence-corrected chi connectivity index (χ1v) is 11.0. The monoisotopic (exact) mass is 338 g/mol. The van der Waals surface area contributed by atoms with Crippen molar-refractivity contribution in [3.8, 4) is 0 Å². The first kappa shape index (κ1) is 16.9. The first-order valence-electron chi connectivity index (χ1n) is 5.60. The van der Waals surface area contributed by atoms with Crippen molar-refractivity contribution in [2.24, 2.45) is 5.73 Å². The SMILES string of the molecule is C=S(C)(=O)c1ccc(C(=O)NCCSSCCN)s1. The largest absolute Gasteiger partial charge is 0.350 e. The van der Waals surface area contributed by atoms with Gasteiger partial charge in [0, 0.05) is 40.4 Å². The lowest BCUT2D eigenvalue weighted by molar-refractivity contribution is 0.0960. The Hall–Kier alpha value is -0.150. The number of thiophene rings is 1. The van der Waals surface area contributed by atoms with E-state index in [4.69, 9.17) is 5.73 Å². The molecule has 0 radical (unpaired) electrons. The normalized spacial score (nSPS) is 14.0. The third-order valence-electron chi connectivity index (χ3n) is 1.99. The van der Waals surface area contributed by atoms with Crippen LogP contribution < -0.4 is 11.1 Å². The fourth-order valence-electron chi connectivity index (χ4n) is 1.13. The van der Waals surface area contributed by atoms with Crippen molar-refractivity contribution in [3.05, 3.63) is 17.0 Å². The molecule has 108 valence electrons. The highest BCUT2D eigenvalue weighted by atomic mass is 33.1. The standard InChI is InChI=1S/C11H18N2O2S4/c1-19(2,15)10-4-3-9(18-10)11(14)13-6-8-17-16-7-5-12/h3-4H,1,5-8,12H2,2H3,(H,13,14). The second-order valence-electron chi connectivity index (χ2n) is 3.81. The molecule has 1 heterocycles. The van der Waals surface area contributed by atoms with Crippen molar-refractivity contribution in [1.82, 2.24) is 5.32 Å². The molecule has 0 aromatic carbocycles. The number of rotatable bonds is 8. The van der Waals surface area contributed by atoms with Crippen molar-refractivity contribution in [3.63, 3.8) is 0 Å². The van der Waals surface area contributed by atoms with Gasteiger partial charge in [0.15, 0.2) is 0 Å². The highest BCUT2D eigenvalue weighted by molar-refractivity contribution is 8.76. The van der Waals surface area contributed by atoms with E-state index in [0.717, 1.165) is 11.5 Å². The maximum Gasteiger partial charge on any atom is 0.261 e. The predicted molar refractivity (Wildman–Crippen MR) is 90.1 cm³/mol. The summed E-state index contributed by atoms with van der Waals surface area (Å²) in [5, 5.41) is 2.83. The van der Waals surface area contributed by atoms with Crippen LogP contribution in [-0.2, 0) is 9.52 Å². The molecule has 0 saturated carbocycles. The molecule has 8 heteroatoms. The van der Waals surface area contributed by atoms with E-state index in [1.807, 2.05) is 0 Å². The van der Waals surface area contributed by atoms with Crippen LogP contribution in [0.15, 0.2) is 16.3 Å². The smallest absolute Gasteiger partial charge is 0.261 e. The Bertz CT molecular complexity index is 511. The average Bonchev–Trinajstić information content (AvgIpc) is 2.82. The number of nitrogens with two attached hydrogens (primary N) is 1. The molecule has 0 fully saturated rings. The van der Waals surface area contributed by atoms with Crippen LogP contribution in [0, 0.1) is 0 Å². The van der Waals surface area contributed by atoms with Crippen molar-refractivity contribution >= 4 is 54.2 Å². The van der Waals surface area contributed by atoms with Gasteiger partial charge in [0.1, 0.15) is 0 Å². The molecule has 0 saturated heterocycles. The molecule has 1 aromatic rings. The summed E-state index contributed by atoms with van der Waals surface area (Å²) in [6, 6.07) is 3.40. The van der Waals surface area contributed by atoms with E-state index in [1.165, 1.54) is 11.3 Å². The Morgan fingerprint density at radius 2 is 2.16 bits per heavy atom. The second-order valence-corrected chi connectivity index (χ2v) is 10.3. The molecule has 3 N–H and O–H groups in total. The summed E-state index contributed by atoms with van der Waals surface area (Å²) in [5.74, 6) is 5.25. The van der Waals surface area contributed by atoms with E-state index >= 15 is 0 Å². The van der Waals surface area contributed by atoms with E-state index in [0.29, 0.717) is 22.2 Å². The molecule has 19 heavy (non-hydrogen) atoms. The van der Waals surface area contributed by atoms with Crippen LogP contribution in [0.3, 0.4) is 0 Å². The van der Waals surface area contributed by atoms with E-state index in [9.17, 15) is 9.00 Å². The molecule has 1 amide bonds. The molecule has 1 unspecified atom stereocenters. The zero-order valence-electron chi connectivity index (χ0n) is 10.7. The summed E-state index contributed by atoms with van der Waals surface area (Å²) >= 11 is 1.24. The lowest BCUT2D eigenvalue weighted by Crippen LogP contribution is -2.24. The van der Waals surface area contributed by atoms with Gasteiger partial charge >= 0.3 is 0 Å². The van der Waals surface area contributed by atoms with Gasteiger partial charge in [-0.25, -0.2) is 0 Å². The molecule has 0 aliphatic heterocycles. The second kappa shape index (κ2) is 8.21. The summed E-state index contributed by atoms with van der Waals surface area (Å²) < 4.78 is 12.4. The van der Waals surface area contributed by atoms with Gasteiger partial charge < -0.3 is 11.1 Å². The summed E-state index contributed by atoms with van der Waals surface area (Å²) in [6.07, 6.45) is 1.58. The lowest BCUT2D eigenvalue weighted by Gasteiger charge is -2.03. The highest BCUT2D eigenvalue weighted by Crippen LogP contribution is 2.22. The third kappa shape index (κ3) is 6.22. The molecule has 4 nitrogen and oxygen atoms in total. The Morgan fingerprint density at radius 1 is 1.47 bits per heavy atom. The molecule has 1 atom stereocenters. The topological polar surface area (TPSA) is 72.2 Å². The zero-order chi connectivity index (χ0) is 14.3. The number of carbonyl (C=O) groups excluding carboxylic acids is 1. The van der Waals surface area contributed by atoms with E-state index in [-0.39, 0.29) is 5.91 Å². The maximum absolute atomic E-state index is 11.8. The van der Waals surface area contributed by atoms with Crippen LogP contribution >= 0.6 is 32.9 Å².